The molecule has 1 aliphatic rings. The van der Waals surface area contributed by atoms with E-state index in [0.717, 1.165) is 29.3 Å². The fourth-order valence-corrected chi connectivity index (χ4v) is 3.05. The lowest BCUT2D eigenvalue weighted by atomic mass is 9.89. The van der Waals surface area contributed by atoms with E-state index in [1.165, 1.54) is 0 Å². The Hall–Kier alpha value is -1.45. The van der Waals surface area contributed by atoms with E-state index in [1.807, 2.05) is 30.3 Å². The molecule has 1 saturated carbocycles. The number of pyridine rings is 1. The zero-order valence-electron chi connectivity index (χ0n) is 10.9. The molecule has 0 amide bonds. The molecule has 1 aliphatic carbocycles. The van der Waals surface area contributed by atoms with Gasteiger partial charge in [-0.3, -0.25) is 4.98 Å². The summed E-state index contributed by atoms with van der Waals surface area (Å²) >= 11 is 0. The van der Waals surface area contributed by atoms with Crippen molar-refractivity contribution in [2.45, 2.75) is 43.8 Å². The van der Waals surface area contributed by atoms with Crippen LogP contribution in [0.2, 0.25) is 0 Å². The SMILES string of the molecule is OC(Cc1ccnc2ccccc12)C1(O)CCCC1. The molecule has 0 saturated heterocycles. The molecule has 0 radical (unpaired) electrons. The summed E-state index contributed by atoms with van der Waals surface area (Å²) in [5, 5.41) is 21.8. The van der Waals surface area contributed by atoms with E-state index in [1.54, 1.807) is 6.20 Å². The smallest absolute Gasteiger partial charge is 0.0908 e. The molecule has 1 heterocycles. The lowest BCUT2D eigenvalue weighted by molar-refractivity contribution is -0.0688. The summed E-state index contributed by atoms with van der Waals surface area (Å²) in [4.78, 5) is 4.32. The van der Waals surface area contributed by atoms with Crippen LogP contribution in [0.15, 0.2) is 36.5 Å². The number of nitrogens with zero attached hydrogens (tertiary/aromatic N) is 1. The normalized spacial score (nSPS) is 19.7. The van der Waals surface area contributed by atoms with E-state index in [9.17, 15) is 10.2 Å². The van der Waals surface area contributed by atoms with Crippen molar-refractivity contribution < 1.29 is 10.2 Å². The average molecular weight is 257 g/mol. The Labute approximate surface area is 112 Å². The van der Waals surface area contributed by atoms with Gasteiger partial charge in [-0.05, 0) is 30.5 Å². The van der Waals surface area contributed by atoms with Gasteiger partial charge in [-0.1, -0.05) is 31.0 Å². The van der Waals surface area contributed by atoms with Crippen LogP contribution < -0.4 is 0 Å². The van der Waals surface area contributed by atoms with E-state index in [4.69, 9.17) is 0 Å². The summed E-state index contributed by atoms with van der Waals surface area (Å²) in [6, 6.07) is 9.85. The van der Waals surface area contributed by atoms with Crippen LogP contribution in [-0.2, 0) is 6.42 Å². The number of hydrogen-bond acceptors (Lipinski definition) is 3. The molecule has 3 rings (SSSR count). The topological polar surface area (TPSA) is 53.4 Å². The number of rotatable bonds is 3. The van der Waals surface area contributed by atoms with Gasteiger partial charge in [-0.15, -0.1) is 0 Å². The predicted octanol–water partition coefficient (Wildman–Crippen LogP) is 2.44. The Bertz CT molecular complexity index is 570. The van der Waals surface area contributed by atoms with Crippen LogP contribution in [0, 0.1) is 0 Å². The fourth-order valence-electron chi connectivity index (χ4n) is 3.05. The maximum Gasteiger partial charge on any atom is 0.0908 e. The van der Waals surface area contributed by atoms with Gasteiger partial charge in [0.15, 0.2) is 0 Å². The van der Waals surface area contributed by atoms with E-state index < -0.39 is 11.7 Å². The number of para-hydroxylation sites is 1. The maximum atomic E-state index is 10.4. The van der Waals surface area contributed by atoms with Crippen LogP contribution in [0.5, 0.6) is 0 Å². The summed E-state index contributed by atoms with van der Waals surface area (Å²) in [7, 11) is 0. The molecule has 0 bridgehead atoms. The zero-order valence-corrected chi connectivity index (χ0v) is 10.9. The Kier molecular flexibility index (Phi) is 3.25. The summed E-state index contributed by atoms with van der Waals surface area (Å²) in [6.07, 6.45) is 4.98. The van der Waals surface area contributed by atoms with Crippen molar-refractivity contribution in [2.75, 3.05) is 0 Å². The quantitative estimate of drug-likeness (QED) is 0.888. The summed E-state index contributed by atoms with van der Waals surface area (Å²) in [5.41, 5.74) is 1.09. The molecular formula is C16H19NO2. The first-order valence-electron chi connectivity index (χ1n) is 6.92. The zero-order chi connectivity index (χ0) is 13.3. The van der Waals surface area contributed by atoms with Crippen LogP contribution >= 0.6 is 0 Å². The van der Waals surface area contributed by atoms with Gasteiger partial charge >= 0.3 is 0 Å². The van der Waals surface area contributed by atoms with Crippen LogP contribution in [0.25, 0.3) is 10.9 Å². The Morgan fingerprint density at radius 2 is 1.89 bits per heavy atom. The molecular weight excluding hydrogens is 238 g/mol. The van der Waals surface area contributed by atoms with E-state index in [0.29, 0.717) is 19.3 Å². The fraction of sp³-hybridized carbons (Fsp3) is 0.438. The second-order valence-corrected chi connectivity index (χ2v) is 5.52. The standard InChI is InChI=1S/C16H19NO2/c18-15(16(19)8-3-4-9-16)11-12-7-10-17-14-6-2-1-5-13(12)14/h1-2,5-7,10,15,18-19H,3-4,8-9,11H2. The molecule has 1 unspecified atom stereocenters. The molecule has 19 heavy (non-hydrogen) atoms. The van der Waals surface area contributed by atoms with E-state index in [2.05, 4.69) is 4.98 Å². The first kappa shape index (κ1) is 12.6. The molecule has 2 N–H and O–H groups in total. The van der Waals surface area contributed by atoms with Crippen molar-refractivity contribution in [1.29, 1.82) is 0 Å². The number of fused-ring (bicyclic) bond motifs is 1. The van der Waals surface area contributed by atoms with Crippen LogP contribution in [0.3, 0.4) is 0 Å². The molecule has 0 spiro atoms. The first-order chi connectivity index (χ1) is 9.19. The summed E-state index contributed by atoms with van der Waals surface area (Å²) in [5.74, 6) is 0. The van der Waals surface area contributed by atoms with Gasteiger partial charge in [0, 0.05) is 18.0 Å². The molecule has 1 aromatic carbocycles. The van der Waals surface area contributed by atoms with Gasteiger partial charge in [0.25, 0.3) is 0 Å². The van der Waals surface area contributed by atoms with Crippen molar-refractivity contribution in [1.82, 2.24) is 4.98 Å². The van der Waals surface area contributed by atoms with E-state index >= 15 is 0 Å². The highest BCUT2D eigenvalue weighted by Crippen LogP contribution is 2.34. The largest absolute Gasteiger partial charge is 0.390 e. The van der Waals surface area contributed by atoms with Crippen LogP contribution in [-0.4, -0.2) is 26.9 Å². The molecule has 2 aromatic rings. The number of aromatic nitrogens is 1. The summed E-state index contributed by atoms with van der Waals surface area (Å²) in [6.45, 7) is 0. The average Bonchev–Trinajstić information content (AvgIpc) is 2.87. The molecule has 1 atom stereocenters. The lowest BCUT2D eigenvalue weighted by Gasteiger charge is -2.28. The first-order valence-corrected chi connectivity index (χ1v) is 6.92. The minimum Gasteiger partial charge on any atom is -0.390 e. The maximum absolute atomic E-state index is 10.4. The third-order valence-electron chi connectivity index (χ3n) is 4.24. The van der Waals surface area contributed by atoms with Gasteiger partial charge in [-0.2, -0.15) is 0 Å². The third-order valence-corrected chi connectivity index (χ3v) is 4.24. The third kappa shape index (κ3) is 2.36. The minimum atomic E-state index is -0.898. The Morgan fingerprint density at radius 3 is 2.68 bits per heavy atom. The van der Waals surface area contributed by atoms with Crippen molar-refractivity contribution in [3.05, 3.63) is 42.1 Å². The second-order valence-electron chi connectivity index (χ2n) is 5.52. The van der Waals surface area contributed by atoms with E-state index in [-0.39, 0.29) is 0 Å². The molecule has 0 aliphatic heterocycles. The highest BCUT2D eigenvalue weighted by molar-refractivity contribution is 5.81. The highest BCUT2D eigenvalue weighted by atomic mass is 16.3. The highest BCUT2D eigenvalue weighted by Gasteiger charge is 2.38. The minimum absolute atomic E-state index is 0.486. The Morgan fingerprint density at radius 1 is 1.16 bits per heavy atom. The number of hydrogen-bond donors (Lipinski definition) is 2. The van der Waals surface area contributed by atoms with Gasteiger partial charge in [0.1, 0.15) is 0 Å². The number of aliphatic hydroxyl groups excluding tert-OH is 1. The molecule has 3 heteroatoms. The second kappa shape index (κ2) is 4.91. The Balaban J connectivity index is 1.89. The van der Waals surface area contributed by atoms with Crippen molar-refractivity contribution in [3.63, 3.8) is 0 Å². The molecule has 1 fully saturated rings. The van der Waals surface area contributed by atoms with Crippen LogP contribution in [0.4, 0.5) is 0 Å². The number of benzene rings is 1. The number of aliphatic hydroxyl groups is 2. The summed E-state index contributed by atoms with van der Waals surface area (Å²) < 4.78 is 0. The predicted molar refractivity (Wildman–Crippen MR) is 74.9 cm³/mol. The van der Waals surface area contributed by atoms with Gasteiger partial charge in [0.05, 0.1) is 17.2 Å². The van der Waals surface area contributed by atoms with Crippen LogP contribution in [0.1, 0.15) is 31.2 Å². The van der Waals surface area contributed by atoms with Crippen molar-refractivity contribution in [2.24, 2.45) is 0 Å². The molecule has 100 valence electrons. The molecule has 3 nitrogen and oxygen atoms in total. The lowest BCUT2D eigenvalue weighted by Crippen LogP contribution is -2.40. The monoisotopic (exact) mass is 257 g/mol. The molecule has 1 aromatic heterocycles. The van der Waals surface area contributed by atoms with Gasteiger partial charge in [-0.25, -0.2) is 0 Å². The van der Waals surface area contributed by atoms with Gasteiger partial charge in [0.2, 0.25) is 0 Å². The van der Waals surface area contributed by atoms with Gasteiger partial charge < -0.3 is 10.2 Å². The van der Waals surface area contributed by atoms with Crippen molar-refractivity contribution >= 4 is 10.9 Å². The van der Waals surface area contributed by atoms with Crippen molar-refractivity contribution in [3.8, 4) is 0 Å².